The fourth-order valence-electron chi connectivity index (χ4n) is 3.92. The van der Waals surface area contributed by atoms with Crippen LogP contribution in [0.3, 0.4) is 0 Å². The summed E-state index contributed by atoms with van der Waals surface area (Å²) in [6.07, 6.45) is 6.33. The number of amides is 1. The Hall–Kier alpha value is -3.51. The van der Waals surface area contributed by atoms with Crippen molar-refractivity contribution in [2.75, 3.05) is 11.4 Å². The van der Waals surface area contributed by atoms with Gasteiger partial charge in [-0.15, -0.1) is 0 Å². The van der Waals surface area contributed by atoms with E-state index in [1.165, 1.54) is 11.1 Å². The van der Waals surface area contributed by atoms with Crippen LogP contribution in [-0.2, 0) is 6.54 Å². The Kier molecular flexibility index (Phi) is 5.45. The first-order chi connectivity index (χ1) is 15.6. The molecule has 5 rings (SSSR count). The fraction of sp³-hybridized carbons (Fsp3) is 0.192. The summed E-state index contributed by atoms with van der Waals surface area (Å²) in [6, 6.07) is 18.2. The van der Waals surface area contributed by atoms with Crippen molar-refractivity contribution in [2.45, 2.75) is 26.8 Å². The number of thiazole rings is 1. The van der Waals surface area contributed by atoms with E-state index >= 15 is 0 Å². The highest BCUT2D eigenvalue weighted by atomic mass is 32.1. The molecule has 0 aliphatic carbocycles. The third-order valence-corrected chi connectivity index (χ3v) is 6.95. The van der Waals surface area contributed by atoms with E-state index in [2.05, 4.69) is 37.0 Å². The van der Waals surface area contributed by atoms with Crippen LogP contribution >= 0.6 is 11.3 Å². The van der Waals surface area contributed by atoms with E-state index in [1.54, 1.807) is 23.9 Å². The average Bonchev–Trinajstić information content (AvgIpc) is 3.49. The molecular formula is C26H24N4OS. The first-order valence-corrected chi connectivity index (χ1v) is 11.5. The van der Waals surface area contributed by atoms with Gasteiger partial charge in [0.25, 0.3) is 5.91 Å². The van der Waals surface area contributed by atoms with Crippen LogP contribution in [0.1, 0.15) is 27.9 Å². The molecule has 5 nitrogen and oxygen atoms in total. The van der Waals surface area contributed by atoms with Crippen molar-refractivity contribution in [1.82, 2.24) is 14.5 Å². The number of nitrogens with zero attached hydrogens (tertiary/aromatic N) is 4. The molecule has 6 heteroatoms. The number of rotatable bonds is 6. The maximum absolute atomic E-state index is 13.7. The van der Waals surface area contributed by atoms with Crippen molar-refractivity contribution in [3.63, 3.8) is 0 Å². The minimum Gasteiger partial charge on any atom is -0.337 e. The second-order valence-electron chi connectivity index (χ2n) is 8.02. The van der Waals surface area contributed by atoms with E-state index in [-0.39, 0.29) is 5.91 Å². The summed E-state index contributed by atoms with van der Waals surface area (Å²) < 4.78 is 3.14. The van der Waals surface area contributed by atoms with Crippen LogP contribution in [0.4, 0.5) is 5.13 Å². The van der Waals surface area contributed by atoms with E-state index in [1.807, 2.05) is 52.1 Å². The van der Waals surface area contributed by atoms with Crippen LogP contribution in [0.2, 0.25) is 0 Å². The van der Waals surface area contributed by atoms with Crippen molar-refractivity contribution < 1.29 is 4.79 Å². The second-order valence-corrected chi connectivity index (χ2v) is 9.03. The summed E-state index contributed by atoms with van der Waals surface area (Å²) in [5.74, 6) is -0.0187. The van der Waals surface area contributed by atoms with Gasteiger partial charge in [-0.1, -0.05) is 47.7 Å². The first-order valence-electron chi connectivity index (χ1n) is 10.7. The van der Waals surface area contributed by atoms with Gasteiger partial charge in [-0.2, -0.15) is 0 Å². The van der Waals surface area contributed by atoms with E-state index in [0.717, 1.165) is 39.1 Å². The standard InChI is InChI=1S/C26H24N4OS/c1-18-8-11-23-24(19(18)2)28-26(32-23)30(14-5-13-29-15-12-27-17-29)25(31)22-10-9-20-6-3-4-7-21(20)16-22/h3-4,6-12,15-17H,5,13-14H2,1-2H3. The molecule has 0 aliphatic rings. The molecule has 0 atom stereocenters. The Bertz CT molecular complexity index is 1400. The quantitative estimate of drug-likeness (QED) is 0.325. The van der Waals surface area contributed by atoms with Gasteiger partial charge in [0.1, 0.15) is 0 Å². The van der Waals surface area contributed by atoms with Crippen molar-refractivity contribution >= 4 is 43.4 Å². The molecule has 2 aromatic heterocycles. The third-order valence-electron chi connectivity index (χ3n) is 5.90. The first kappa shape index (κ1) is 20.4. The molecule has 0 saturated heterocycles. The summed E-state index contributed by atoms with van der Waals surface area (Å²) in [7, 11) is 0. The molecule has 0 unspecified atom stereocenters. The predicted molar refractivity (Wildman–Crippen MR) is 132 cm³/mol. The molecule has 0 bridgehead atoms. The molecule has 1 amide bonds. The molecule has 0 saturated carbocycles. The number of aryl methyl sites for hydroxylation is 3. The van der Waals surface area contributed by atoms with E-state index in [4.69, 9.17) is 4.98 Å². The Labute approximate surface area is 191 Å². The molecule has 0 N–H and O–H groups in total. The second kappa shape index (κ2) is 8.55. The highest BCUT2D eigenvalue weighted by Crippen LogP contribution is 2.33. The maximum Gasteiger partial charge on any atom is 0.260 e. The normalized spacial score (nSPS) is 11.3. The molecule has 0 aliphatic heterocycles. The molecule has 160 valence electrons. The number of imidazole rings is 1. The summed E-state index contributed by atoms with van der Waals surface area (Å²) in [6.45, 7) is 5.57. The Morgan fingerprint density at radius 3 is 2.72 bits per heavy atom. The average molecular weight is 441 g/mol. The molecule has 0 fully saturated rings. The molecule has 32 heavy (non-hydrogen) atoms. The predicted octanol–water partition coefficient (Wildman–Crippen LogP) is 6.00. The summed E-state index contributed by atoms with van der Waals surface area (Å²) in [4.78, 5) is 24.5. The maximum atomic E-state index is 13.7. The number of carbonyl (C=O) groups is 1. The van der Waals surface area contributed by atoms with Crippen molar-refractivity contribution in [2.24, 2.45) is 0 Å². The van der Waals surface area contributed by atoms with Crippen molar-refractivity contribution in [1.29, 1.82) is 0 Å². The number of hydrogen-bond donors (Lipinski definition) is 0. The molecule has 0 spiro atoms. The van der Waals surface area contributed by atoms with Gasteiger partial charge in [0, 0.05) is 31.0 Å². The largest absolute Gasteiger partial charge is 0.337 e. The zero-order valence-corrected chi connectivity index (χ0v) is 19.0. The van der Waals surface area contributed by atoms with E-state index in [9.17, 15) is 4.79 Å². The van der Waals surface area contributed by atoms with Crippen LogP contribution in [0, 0.1) is 13.8 Å². The van der Waals surface area contributed by atoms with E-state index in [0.29, 0.717) is 12.1 Å². The zero-order valence-electron chi connectivity index (χ0n) is 18.2. The van der Waals surface area contributed by atoms with Gasteiger partial charge in [0.2, 0.25) is 0 Å². The minimum atomic E-state index is -0.0187. The number of aromatic nitrogens is 3. The van der Waals surface area contributed by atoms with Crippen LogP contribution in [0.15, 0.2) is 73.3 Å². The summed E-state index contributed by atoms with van der Waals surface area (Å²) in [5.41, 5.74) is 4.04. The summed E-state index contributed by atoms with van der Waals surface area (Å²) in [5, 5.41) is 2.94. The lowest BCUT2D eigenvalue weighted by Gasteiger charge is -2.20. The zero-order chi connectivity index (χ0) is 22.1. The number of carbonyl (C=O) groups excluding carboxylic acids is 1. The van der Waals surface area contributed by atoms with Gasteiger partial charge in [-0.05, 0) is 60.4 Å². The fourth-order valence-corrected chi connectivity index (χ4v) is 4.97. The smallest absolute Gasteiger partial charge is 0.260 e. The topological polar surface area (TPSA) is 51.0 Å². The lowest BCUT2D eigenvalue weighted by atomic mass is 10.1. The van der Waals surface area contributed by atoms with E-state index < -0.39 is 0 Å². The van der Waals surface area contributed by atoms with Gasteiger partial charge >= 0.3 is 0 Å². The number of hydrogen-bond acceptors (Lipinski definition) is 4. The highest BCUT2D eigenvalue weighted by Gasteiger charge is 2.22. The van der Waals surface area contributed by atoms with Gasteiger partial charge in [0.05, 0.1) is 16.5 Å². The monoisotopic (exact) mass is 440 g/mol. The Morgan fingerprint density at radius 2 is 1.91 bits per heavy atom. The molecule has 2 heterocycles. The lowest BCUT2D eigenvalue weighted by Crippen LogP contribution is -2.32. The number of benzene rings is 3. The number of fused-ring (bicyclic) bond motifs is 2. The van der Waals surface area contributed by atoms with Gasteiger partial charge in [-0.3, -0.25) is 9.69 Å². The molecule has 3 aromatic carbocycles. The highest BCUT2D eigenvalue weighted by molar-refractivity contribution is 7.22. The Morgan fingerprint density at radius 1 is 1.06 bits per heavy atom. The Balaban J connectivity index is 1.50. The van der Waals surface area contributed by atoms with Crippen molar-refractivity contribution in [3.8, 4) is 0 Å². The van der Waals surface area contributed by atoms with Crippen LogP contribution < -0.4 is 4.90 Å². The minimum absolute atomic E-state index is 0.0187. The third kappa shape index (κ3) is 3.89. The number of anilines is 1. The van der Waals surface area contributed by atoms with Crippen molar-refractivity contribution in [3.05, 3.63) is 90.0 Å². The molecule has 0 radical (unpaired) electrons. The van der Waals surface area contributed by atoms with Crippen LogP contribution in [-0.4, -0.2) is 27.0 Å². The lowest BCUT2D eigenvalue weighted by molar-refractivity contribution is 0.0986. The molecular weight excluding hydrogens is 416 g/mol. The SMILES string of the molecule is Cc1ccc2sc(N(CCCn3ccnc3)C(=O)c3ccc4ccccc4c3)nc2c1C. The molecule has 5 aromatic rings. The van der Waals surface area contributed by atoms with Gasteiger partial charge in [-0.25, -0.2) is 9.97 Å². The van der Waals surface area contributed by atoms with Crippen LogP contribution in [0.5, 0.6) is 0 Å². The van der Waals surface area contributed by atoms with Gasteiger partial charge in [0.15, 0.2) is 5.13 Å². The van der Waals surface area contributed by atoms with Crippen LogP contribution in [0.25, 0.3) is 21.0 Å². The van der Waals surface area contributed by atoms with Gasteiger partial charge < -0.3 is 4.57 Å². The summed E-state index contributed by atoms with van der Waals surface area (Å²) >= 11 is 1.58.